The van der Waals surface area contributed by atoms with Gasteiger partial charge in [0.1, 0.15) is 0 Å². The van der Waals surface area contributed by atoms with Crippen molar-refractivity contribution in [1.29, 1.82) is 0 Å². The van der Waals surface area contributed by atoms with Crippen molar-refractivity contribution in [2.75, 3.05) is 5.32 Å². The Kier molecular flexibility index (Phi) is 5.02. The van der Waals surface area contributed by atoms with E-state index in [4.69, 9.17) is 0 Å². The van der Waals surface area contributed by atoms with E-state index in [1.165, 1.54) is 24.3 Å². The van der Waals surface area contributed by atoms with Gasteiger partial charge in [-0.3, -0.25) is 4.79 Å². The zero-order valence-electron chi connectivity index (χ0n) is 12.8. The fraction of sp³-hybridized carbons (Fsp3) is 0.235. The molecule has 7 heteroatoms. The van der Waals surface area contributed by atoms with Crippen molar-refractivity contribution in [2.45, 2.75) is 19.5 Å². The van der Waals surface area contributed by atoms with Crippen molar-refractivity contribution >= 4 is 11.6 Å². The molecule has 0 aromatic heterocycles. The predicted molar refractivity (Wildman–Crippen MR) is 82.7 cm³/mol. The van der Waals surface area contributed by atoms with Crippen molar-refractivity contribution < 1.29 is 28.2 Å². The molecule has 1 amide bonds. The van der Waals surface area contributed by atoms with Crippen LogP contribution in [0.1, 0.15) is 18.1 Å². The van der Waals surface area contributed by atoms with E-state index in [1.807, 2.05) is 0 Å². The minimum absolute atomic E-state index is 0.249. The second-order valence-corrected chi connectivity index (χ2v) is 5.49. The van der Waals surface area contributed by atoms with Gasteiger partial charge in [0.2, 0.25) is 5.91 Å². The third-order valence-corrected chi connectivity index (χ3v) is 3.51. The summed E-state index contributed by atoms with van der Waals surface area (Å²) in [6, 6.07) is 8.45. The number of halogens is 3. The summed E-state index contributed by atoms with van der Waals surface area (Å²) in [7, 11) is 0. The molecule has 0 spiro atoms. The summed E-state index contributed by atoms with van der Waals surface area (Å²) in [4.78, 5) is 12.1. The second kappa shape index (κ2) is 6.82. The molecule has 2 aromatic carbocycles. The molecule has 0 bridgehead atoms. The van der Waals surface area contributed by atoms with Crippen LogP contribution in [-0.2, 0) is 17.4 Å². The number of rotatable bonds is 4. The van der Waals surface area contributed by atoms with Crippen molar-refractivity contribution in [2.24, 2.45) is 5.92 Å². The number of hydrogen-bond donors (Lipinski definition) is 3. The number of phenolic OH excluding ortho intramolecular Hbond substituents is 2. The molecular formula is C17H16F3NO3. The van der Waals surface area contributed by atoms with Crippen LogP contribution >= 0.6 is 0 Å². The third kappa shape index (κ3) is 4.41. The van der Waals surface area contributed by atoms with Crippen molar-refractivity contribution in [3.8, 4) is 11.5 Å². The molecule has 0 radical (unpaired) electrons. The fourth-order valence-electron chi connectivity index (χ4n) is 2.15. The molecular weight excluding hydrogens is 323 g/mol. The summed E-state index contributed by atoms with van der Waals surface area (Å²) in [6.07, 6.45) is -4.11. The van der Waals surface area contributed by atoms with Crippen molar-refractivity contribution in [3.05, 3.63) is 53.6 Å². The highest BCUT2D eigenvalue weighted by molar-refractivity contribution is 5.92. The number of carbonyl (C=O) groups excluding carboxylic acids is 1. The van der Waals surface area contributed by atoms with Gasteiger partial charge in [-0.15, -0.1) is 0 Å². The Labute approximate surface area is 136 Å². The molecule has 0 heterocycles. The molecule has 128 valence electrons. The van der Waals surface area contributed by atoms with E-state index in [1.54, 1.807) is 13.0 Å². The number of nitrogens with one attached hydrogen (secondary N) is 1. The van der Waals surface area contributed by atoms with Gasteiger partial charge in [0.25, 0.3) is 0 Å². The van der Waals surface area contributed by atoms with Crippen LogP contribution in [0.3, 0.4) is 0 Å². The first-order valence-electron chi connectivity index (χ1n) is 7.16. The topological polar surface area (TPSA) is 69.6 Å². The van der Waals surface area contributed by atoms with Gasteiger partial charge in [-0.2, -0.15) is 13.2 Å². The van der Waals surface area contributed by atoms with E-state index >= 15 is 0 Å². The lowest BCUT2D eigenvalue weighted by molar-refractivity contribution is -0.137. The Bertz CT molecular complexity index is 727. The number of benzene rings is 2. The Morgan fingerprint density at radius 2 is 1.71 bits per heavy atom. The van der Waals surface area contributed by atoms with Gasteiger partial charge in [-0.1, -0.05) is 13.0 Å². The SMILES string of the molecule is CC(Cc1ccc(O)c(O)c1)C(=O)Nc1ccc(C(F)(F)F)cc1. The van der Waals surface area contributed by atoms with Gasteiger partial charge >= 0.3 is 6.18 Å². The first-order valence-corrected chi connectivity index (χ1v) is 7.16. The van der Waals surface area contributed by atoms with Crippen LogP contribution in [0.2, 0.25) is 0 Å². The lowest BCUT2D eigenvalue weighted by Gasteiger charge is -2.13. The average molecular weight is 339 g/mol. The van der Waals surface area contributed by atoms with E-state index in [-0.39, 0.29) is 23.1 Å². The summed E-state index contributed by atoms with van der Waals surface area (Å²) < 4.78 is 37.5. The molecule has 2 rings (SSSR count). The van der Waals surface area contributed by atoms with Gasteiger partial charge in [0.15, 0.2) is 11.5 Å². The van der Waals surface area contributed by atoms with Crippen LogP contribution in [0.25, 0.3) is 0 Å². The number of phenols is 2. The Morgan fingerprint density at radius 3 is 2.25 bits per heavy atom. The number of hydrogen-bond acceptors (Lipinski definition) is 3. The van der Waals surface area contributed by atoms with E-state index in [2.05, 4.69) is 5.32 Å². The van der Waals surface area contributed by atoms with Gasteiger partial charge in [0, 0.05) is 11.6 Å². The lowest BCUT2D eigenvalue weighted by Crippen LogP contribution is -2.22. The van der Waals surface area contributed by atoms with Crippen LogP contribution in [-0.4, -0.2) is 16.1 Å². The van der Waals surface area contributed by atoms with Crippen LogP contribution < -0.4 is 5.32 Å². The number of aromatic hydroxyl groups is 2. The standard InChI is InChI=1S/C17H16F3NO3/c1-10(8-11-2-7-14(22)15(23)9-11)16(24)21-13-5-3-12(4-6-13)17(18,19)20/h2-7,9-10,22-23H,8H2,1H3,(H,21,24). The van der Waals surface area contributed by atoms with E-state index < -0.39 is 17.7 Å². The zero-order chi connectivity index (χ0) is 17.9. The monoisotopic (exact) mass is 339 g/mol. The number of anilines is 1. The maximum atomic E-state index is 12.5. The molecule has 1 unspecified atom stereocenters. The zero-order valence-corrected chi connectivity index (χ0v) is 12.8. The van der Waals surface area contributed by atoms with Crippen molar-refractivity contribution in [1.82, 2.24) is 0 Å². The van der Waals surface area contributed by atoms with Crippen LogP contribution in [0.4, 0.5) is 18.9 Å². The van der Waals surface area contributed by atoms with Crippen LogP contribution in [0, 0.1) is 5.92 Å². The van der Waals surface area contributed by atoms with Gasteiger partial charge in [-0.05, 0) is 48.4 Å². The maximum absolute atomic E-state index is 12.5. The highest BCUT2D eigenvalue weighted by Gasteiger charge is 2.30. The van der Waals surface area contributed by atoms with Gasteiger partial charge < -0.3 is 15.5 Å². The molecule has 0 aliphatic carbocycles. The molecule has 3 N–H and O–H groups in total. The van der Waals surface area contributed by atoms with Crippen molar-refractivity contribution in [3.63, 3.8) is 0 Å². The molecule has 2 aromatic rings. The van der Waals surface area contributed by atoms with Gasteiger partial charge in [-0.25, -0.2) is 0 Å². The fourth-order valence-corrected chi connectivity index (χ4v) is 2.15. The van der Waals surface area contributed by atoms with E-state index in [0.29, 0.717) is 12.0 Å². The summed E-state index contributed by atoms with van der Waals surface area (Å²) in [5.41, 5.74) is 0.141. The van der Waals surface area contributed by atoms with Crippen LogP contribution in [0.15, 0.2) is 42.5 Å². The van der Waals surface area contributed by atoms with E-state index in [9.17, 15) is 28.2 Å². The Morgan fingerprint density at radius 1 is 1.08 bits per heavy atom. The number of amides is 1. The number of carbonyl (C=O) groups is 1. The normalized spacial score (nSPS) is 12.7. The largest absolute Gasteiger partial charge is 0.504 e. The molecule has 0 aliphatic rings. The molecule has 4 nitrogen and oxygen atoms in total. The summed E-state index contributed by atoms with van der Waals surface area (Å²) in [5.74, 6) is -1.36. The molecule has 0 saturated carbocycles. The maximum Gasteiger partial charge on any atom is 0.416 e. The predicted octanol–water partition coefficient (Wildman–Crippen LogP) is 3.93. The molecule has 1 atom stereocenters. The summed E-state index contributed by atoms with van der Waals surface area (Å²) >= 11 is 0. The minimum Gasteiger partial charge on any atom is -0.504 e. The molecule has 0 aliphatic heterocycles. The Balaban J connectivity index is 1.99. The summed E-state index contributed by atoms with van der Waals surface area (Å²) in [5, 5.41) is 21.2. The van der Waals surface area contributed by atoms with E-state index in [0.717, 1.165) is 12.1 Å². The van der Waals surface area contributed by atoms with Gasteiger partial charge in [0.05, 0.1) is 5.56 Å². The smallest absolute Gasteiger partial charge is 0.416 e. The quantitative estimate of drug-likeness (QED) is 0.739. The second-order valence-electron chi connectivity index (χ2n) is 5.49. The number of alkyl halides is 3. The molecule has 0 saturated heterocycles. The average Bonchev–Trinajstić information content (AvgIpc) is 2.50. The molecule has 0 fully saturated rings. The Hall–Kier alpha value is -2.70. The molecule has 24 heavy (non-hydrogen) atoms. The minimum atomic E-state index is -4.42. The lowest BCUT2D eigenvalue weighted by atomic mass is 10.00. The summed E-state index contributed by atoms with van der Waals surface area (Å²) in [6.45, 7) is 1.66. The highest BCUT2D eigenvalue weighted by Crippen LogP contribution is 2.30. The first kappa shape index (κ1) is 17.7. The highest BCUT2D eigenvalue weighted by atomic mass is 19.4. The third-order valence-electron chi connectivity index (χ3n) is 3.51. The van der Waals surface area contributed by atoms with Crippen LogP contribution in [0.5, 0.6) is 11.5 Å². The first-order chi connectivity index (χ1) is 11.2.